The topological polar surface area (TPSA) is 83.8 Å². The standard InChI is InChI=1S/C16H12FNO4S/c17-11-7-5-10(6-8-11)13-9-15(16(19)20)23(21,22)14-4-2-1-3-12(14)18-13/h1-8,15H,9H2,(H,19,20). The third-order valence-corrected chi connectivity index (χ3v) is 5.71. The minimum Gasteiger partial charge on any atom is -0.480 e. The maximum atomic E-state index is 13.1. The highest BCUT2D eigenvalue weighted by Crippen LogP contribution is 2.33. The molecule has 7 heteroatoms. The van der Waals surface area contributed by atoms with Crippen molar-refractivity contribution in [1.29, 1.82) is 0 Å². The highest BCUT2D eigenvalue weighted by molar-refractivity contribution is 7.93. The van der Waals surface area contributed by atoms with Gasteiger partial charge in [-0.05, 0) is 29.8 Å². The van der Waals surface area contributed by atoms with Crippen LogP contribution >= 0.6 is 0 Å². The summed E-state index contributed by atoms with van der Waals surface area (Å²) in [5.74, 6) is -1.87. The fourth-order valence-electron chi connectivity index (χ4n) is 2.46. The van der Waals surface area contributed by atoms with Crippen LogP contribution in [0.5, 0.6) is 0 Å². The number of aliphatic carboxylic acids is 1. The van der Waals surface area contributed by atoms with Crippen LogP contribution in [0.25, 0.3) is 0 Å². The number of para-hydroxylation sites is 1. The van der Waals surface area contributed by atoms with E-state index >= 15 is 0 Å². The van der Waals surface area contributed by atoms with Gasteiger partial charge >= 0.3 is 5.97 Å². The molecule has 1 heterocycles. The van der Waals surface area contributed by atoms with Crippen molar-refractivity contribution in [3.8, 4) is 0 Å². The van der Waals surface area contributed by atoms with E-state index in [1.807, 2.05) is 0 Å². The highest BCUT2D eigenvalue weighted by atomic mass is 32.2. The molecule has 0 bridgehead atoms. The van der Waals surface area contributed by atoms with Gasteiger partial charge in [-0.25, -0.2) is 12.8 Å². The van der Waals surface area contributed by atoms with Gasteiger partial charge in [-0.2, -0.15) is 0 Å². The van der Waals surface area contributed by atoms with Crippen molar-refractivity contribution in [2.45, 2.75) is 16.6 Å². The van der Waals surface area contributed by atoms with Gasteiger partial charge in [0.05, 0.1) is 16.3 Å². The summed E-state index contributed by atoms with van der Waals surface area (Å²) < 4.78 is 38.2. The highest BCUT2D eigenvalue weighted by Gasteiger charge is 2.38. The fourth-order valence-corrected chi connectivity index (χ4v) is 4.09. The van der Waals surface area contributed by atoms with E-state index in [4.69, 9.17) is 0 Å². The van der Waals surface area contributed by atoms with Crippen LogP contribution in [-0.4, -0.2) is 30.5 Å². The fraction of sp³-hybridized carbons (Fsp3) is 0.125. The van der Waals surface area contributed by atoms with E-state index in [2.05, 4.69) is 4.99 Å². The Balaban J connectivity index is 2.22. The second-order valence-electron chi connectivity index (χ2n) is 5.11. The van der Waals surface area contributed by atoms with Crippen molar-refractivity contribution in [3.63, 3.8) is 0 Å². The lowest BCUT2D eigenvalue weighted by molar-refractivity contribution is -0.136. The second kappa shape index (κ2) is 5.58. The van der Waals surface area contributed by atoms with Crippen LogP contribution in [0.4, 0.5) is 10.1 Å². The second-order valence-corrected chi connectivity index (χ2v) is 7.21. The molecule has 3 rings (SSSR count). The zero-order valence-electron chi connectivity index (χ0n) is 11.8. The van der Waals surface area contributed by atoms with Crippen molar-refractivity contribution in [3.05, 3.63) is 59.9 Å². The van der Waals surface area contributed by atoms with Crippen LogP contribution in [0.2, 0.25) is 0 Å². The van der Waals surface area contributed by atoms with Gasteiger partial charge in [0.15, 0.2) is 15.1 Å². The van der Waals surface area contributed by atoms with Gasteiger partial charge in [0.1, 0.15) is 5.82 Å². The molecule has 1 atom stereocenters. The molecule has 0 spiro atoms. The monoisotopic (exact) mass is 333 g/mol. The van der Waals surface area contributed by atoms with E-state index in [0.29, 0.717) is 11.3 Å². The average molecular weight is 333 g/mol. The molecule has 2 aromatic rings. The molecule has 1 aliphatic rings. The molecule has 1 N–H and O–H groups in total. The molecular formula is C16H12FNO4S. The number of carboxylic acid groups (broad SMARTS) is 1. The SMILES string of the molecule is O=C(O)C1CC(c2ccc(F)cc2)=Nc2ccccc2S1(=O)=O. The maximum Gasteiger partial charge on any atom is 0.322 e. The first-order chi connectivity index (χ1) is 10.9. The molecule has 1 aliphatic heterocycles. The van der Waals surface area contributed by atoms with Gasteiger partial charge in [0, 0.05) is 6.42 Å². The molecule has 0 aliphatic carbocycles. The normalized spacial score (nSPS) is 19.3. The van der Waals surface area contributed by atoms with Crippen LogP contribution in [0.3, 0.4) is 0 Å². The van der Waals surface area contributed by atoms with Crippen LogP contribution in [-0.2, 0) is 14.6 Å². The molecule has 23 heavy (non-hydrogen) atoms. The predicted octanol–water partition coefficient (Wildman–Crippen LogP) is 2.58. The maximum absolute atomic E-state index is 13.1. The van der Waals surface area contributed by atoms with Gasteiger partial charge in [-0.15, -0.1) is 0 Å². The quantitative estimate of drug-likeness (QED) is 0.915. The van der Waals surface area contributed by atoms with E-state index in [1.165, 1.54) is 42.5 Å². The summed E-state index contributed by atoms with van der Waals surface area (Å²) in [4.78, 5) is 15.7. The molecule has 0 radical (unpaired) electrons. The van der Waals surface area contributed by atoms with Crippen molar-refractivity contribution in [1.82, 2.24) is 0 Å². The molecule has 0 saturated heterocycles. The van der Waals surface area contributed by atoms with Gasteiger partial charge in [0.25, 0.3) is 0 Å². The van der Waals surface area contributed by atoms with E-state index in [1.54, 1.807) is 6.07 Å². The van der Waals surface area contributed by atoms with E-state index in [-0.39, 0.29) is 17.0 Å². The summed E-state index contributed by atoms with van der Waals surface area (Å²) in [6, 6.07) is 11.4. The molecule has 2 aromatic carbocycles. The van der Waals surface area contributed by atoms with Crippen LogP contribution in [0.1, 0.15) is 12.0 Å². The molecule has 5 nitrogen and oxygen atoms in total. The van der Waals surface area contributed by atoms with Gasteiger partial charge in [-0.3, -0.25) is 9.79 Å². The molecule has 118 valence electrons. The van der Waals surface area contributed by atoms with Crippen molar-refractivity contribution in [2.75, 3.05) is 0 Å². The van der Waals surface area contributed by atoms with Crippen molar-refractivity contribution < 1.29 is 22.7 Å². The minimum atomic E-state index is -4.06. The van der Waals surface area contributed by atoms with Gasteiger partial charge in [0.2, 0.25) is 0 Å². The van der Waals surface area contributed by atoms with Crippen molar-refractivity contribution in [2.24, 2.45) is 4.99 Å². The van der Waals surface area contributed by atoms with Gasteiger partial charge in [-0.1, -0.05) is 24.3 Å². The Morgan fingerprint density at radius 3 is 2.43 bits per heavy atom. The Kier molecular flexibility index (Phi) is 3.73. The van der Waals surface area contributed by atoms with Crippen LogP contribution in [0, 0.1) is 5.82 Å². The Morgan fingerprint density at radius 2 is 1.78 bits per heavy atom. The smallest absolute Gasteiger partial charge is 0.322 e. The lowest BCUT2D eigenvalue weighted by Crippen LogP contribution is -2.31. The summed E-state index contributed by atoms with van der Waals surface area (Å²) in [5.41, 5.74) is 0.978. The number of carboxylic acids is 1. The van der Waals surface area contributed by atoms with Crippen molar-refractivity contribution >= 4 is 27.2 Å². The molecule has 1 unspecified atom stereocenters. The summed E-state index contributed by atoms with van der Waals surface area (Å²) in [7, 11) is -4.06. The number of hydrogen-bond acceptors (Lipinski definition) is 4. The number of benzene rings is 2. The largest absolute Gasteiger partial charge is 0.480 e. The first kappa shape index (κ1) is 15.4. The number of fused-ring (bicyclic) bond motifs is 1. The van der Waals surface area contributed by atoms with Crippen LogP contribution < -0.4 is 0 Å². The lowest BCUT2D eigenvalue weighted by atomic mass is 10.1. The van der Waals surface area contributed by atoms with E-state index < -0.39 is 26.9 Å². The average Bonchev–Trinajstić information content (AvgIpc) is 2.63. The minimum absolute atomic E-state index is 0.107. The lowest BCUT2D eigenvalue weighted by Gasteiger charge is -2.12. The number of aliphatic imine (C=N–C) groups is 1. The van der Waals surface area contributed by atoms with E-state index in [9.17, 15) is 22.7 Å². The molecular weight excluding hydrogens is 321 g/mol. The third-order valence-electron chi connectivity index (χ3n) is 3.63. The Bertz CT molecular complexity index is 904. The Labute approximate surface area is 132 Å². The summed E-state index contributed by atoms with van der Waals surface area (Å²) in [6.07, 6.45) is -0.280. The number of sulfone groups is 1. The van der Waals surface area contributed by atoms with E-state index in [0.717, 1.165) is 0 Å². The molecule has 0 saturated carbocycles. The van der Waals surface area contributed by atoms with Crippen LogP contribution in [0.15, 0.2) is 58.4 Å². The zero-order valence-corrected chi connectivity index (χ0v) is 12.6. The molecule has 0 amide bonds. The summed E-state index contributed by atoms with van der Waals surface area (Å²) in [5, 5.41) is 7.71. The third kappa shape index (κ3) is 2.75. The summed E-state index contributed by atoms with van der Waals surface area (Å²) in [6.45, 7) is 0. The molecule has 0 aromatic heterocycles. The number of hydrogen-bond donors (Lipinski definition) is 1. The Hall–Kier alpha value is -2.54. The first-order valence-electron chi connectivity index (χ1n) is 6.79. The molecule has 0 fully saturated rings. The number of halogens is 1. The number of nitrogens with zero attached hydrogens (tertiary/aromatic N) is 1. The first-order valence-corrected chi connectivity index (χ1v) is 8.33. The Morgan fingerprint density at radius 1 is 1.13 bits per heavy atom. The summed E-state index contributed by atoms with van der Waals surface area (Å²) >= 11 is 0. The number of carbonyl (C=O) groups is 1. The number of rotatable bonds is 2. The predicted molar refractivity (Wildman–Crippen MR) is 82.3 cm³/mol. The van der Waals surface area contributed by atoms with Gasteiger partial charge < -0.3 is 5.11 Å². The zero-order chi connectivity index (χ0) is 16.6.